The number of rotatable bonds is 5. The Kier molecular flexibility index (Phi) is 4.72. The van der Waals surface area contributed by atoms with Crippen molar-refractivity contribution in [1.82, 2.24) is 4.98 Å². The highest BCUT2D eigenvalue weighted by Gasteiger charge is 2.11. The number of pyridine rings is 1. The van der Waals surface area contributed by atoms with Crippen molar-refractivity contribution in [3.05, 3.63) is 23.0 Å². The molecule has 88 valence electrons. The van der Waals surface area contributed by atoms with Gasteiger partial charge in [0.2, 0.25) is 0 Å². The summed E-state index contributed by atoms with van der Waals surface area (Å²) in [6.07, 6.45) is 3.68. The molecule has 5 nitrogen and oxygen atoms in total. The maximum atomic E-state index is 9.15. The van der Waals surface area contributed by atoms with E-state index in [2.05, 4.69) is 10.1 Å². The number of hydrogen-bond acceptors (Lipinski definition) is 5. The van der Waals surface area contributed by atoms with Crippen molar-refractivity contribution in [1.29, 1.82) is 0 Å². The summed E-state index contributed by atoms with van der Waals surface area (Å²) in [6.45, 7) is 4.19. The van der Waals surface area contributed by atoms with Crippen molar-refractivity contribution >= 4 is 6.21 Å². The van der Waals surface area contributed by atoms with Crippen LogP contribution in [0.25, 0.3) is 0 Å². The molecule has 0 saturated heterocycles. The van der Waals surface area contributed by atoms with Crippen LogP contribution in [-0.2, 0) is 6.61 Å². The lowest BCUT2D eigenvalue weighted by Gasteiger charge is -2.12. The van der Waals surface area contributed by atoms with Crippen LogP contribution in [0.1, 0.15) is 30.2 Å². The Morgan fingerprint density at radius 2 is 2.31 bits per heavy atom. The number of aromatic nitrogens is 1. The molecule has 0 fully saturated rings. The van der Waals surface area contributed by atoms with Gasteiger partial charge in [0.25, 0.3) is 0 Å². The predicted molar refractivity (Wildman–Crippen MR) is 60.1 cm³/mol. The topological polar surface area (TPSA) is 74.9 Å². The smallest absolute Gasteiger partial charge is 0.149 e. The minimum absolute atomic E-state index is 0.170. The number of oxime groups is 1. The van der Waals surface area contributed by atoms with Gasteiger partial charge in [0.15, 0.2) is 0 Å². The molecule has 2 N–H and O–H groups in total. The van der Waals surface area contributed by atoms with Gasteiger partial charge in [0.1, 0.15) is 5.75 Å². The van der Waals surface area contributed by atoms with E-state index in [4.69, 9.17) is 15.1 Å². The average Bonchev–Trinajstić information content (AvgIpc) is 2.29. The highest BCUT2D eigenvalue weighted by Crippen LogP contribution is 2.24. The van der Waals surface area contributed by atoms with Gasteiger partial charge in [0, 0.05) is 17.3 Å². The Hall–Kier alpha value is -1.62. The monoisotopic (exact) mass is 224 g/mol. The van der Waals surface area contributed by atoms with Gasteiger partial charge in [-0.25, -0.2) is 0 Å². The van der Waals surface area contributed by atoms with Crippen LogP contribution in [0.5, 0.6) is 5.75 Å². The van der Waals surface area contributed by atoms with E-state index in [0.29, 0.717) is 29.2 Å². The van der Waals surface area contributed by atoms with E-state index in [1.54, 1.807) is 13.1 Å². The molecular formula is C11H16N2O3. The lowest BCUT2D eigenvalue weighted by atomic mass is 10.1. The molecule has 0 amide bonds. The molecule has 16 heavy (non-hydrogen) atoms. The third-order valence-corrected chi connectivity index (χ3v) is 2.14. The van der Waals surface area contributed by atoms with Crippen molar-refractivity contribution in [2.45, 2.75) is 26.9 Å². The quantitative estimate of drug-likeness (QED) is 0.451. The molecule has 1 rings (SSSR count). The van der Waals surface area contributed by atoms with Crippen LogP contribution in [0.2, 0.25) is 0 Å². The van der Waals surface area contributed by atoms with Crippen LogP contribution in [0.3, 0.4) is 0 Å². The first-order chi connectivity index (χ1) is 7.74. The van der Waals surface area contributed by atoms with Crippen LogP contribution in [-0.4, -0.2) is 28.1 Å². The third-order valence-electron chi connectivity index (χ3n) is 2.14. The molecule has 0 aliphatic carbocycles. The highest BCUT2D eigenvalue weighted by molar-refractivity contribution is 5.85. The summed E-state index contributed by atoms with van der Waals surface area (Å²) in [5.41, 5.74) is 1.86. The summed E-state index contributed by atoms with van der Waals surface area (Å²) >= 11 is 0. The first kappa shape index (κ1) is 12.4. The number of nitrogens with zero attached hydrogens (tertiary/aromatic N) is 2. The molecule has 1 aromatic rings. The largest absolute Gasteiger partial charge is 0.491 e. The Morgan fingerprint density at radius 1 is 1.56 bits per heavy atom. The van der Waals surface area contributed by atoms with E-state index in [1.165, 1.54) is 6.21 Å². The zero-order valence-corrected chi connectivity index (χ0v) is 9.47. The molecule has 0 radical (unpaired) electrons. The number of aliphatic hydroxyl groups excluding tert-OH is 1. The third kappa shape index (κ3) is 2.70. The first-order valence-electron chi connectivity index (χ1n) is 5.14. The SMILES string of the molecule is CCCOc1c(C)ncc(CO)c1/C=N\O. The van der Waals surface area contributed by atoms with E-state index in [0.717, 1.165) is 6.42 Å². The zero-order chi connectivity index (χ0) is 12.0. The summed E-state index contributed by atoms with van der Waals surface area (Å²) < 4.78 is 5.54. The van der Waals surface area contributed by atoms with Crippen LogP contribution in [0.4, 0.5) is 0 Å². The fourth-order valence-corrected chi connectivity index (χ4v) is 1.36. The number of hydrogen-bond donors (Lipinski definition) is 2. The standard InChI is InChI=1S/C11H16N2O3/c1-3-4-16-11-8(2)12-5-9(7-14)10(11)6-13-15/h5-6,14-15H,3-4,7H2,1-2H3/b13-6-. The maximum absolute atomic E-state index is 9.15. The molecule has 0 unspecified atom stereocenters. The van der Waals surface area contributed by atoms with Gasteiger partial charge in [-0.15, -0.1) is 0 Å². The second-order valence-electron chi connectivity index (χ2n) is 3.36. The van der Waals surface area contributed by atoms with E-state index >= 15 is 0 Å². The summed E-state index contributed by atoms with van der Waals surface area (Å²) in [7, 11) is 0. The lowest BCUT2D eigenvalue weighted by molar-refractivity contribution is 0.277. The second kappa shape index (κ2) is 6.07. The van der Waals surface area contributed by atoms with Crippen molar-refractivity contribution in [2.75, 3.05) is 6.61 Å². The van der Waals surface area contributed by atoms with Crippen molar-refractivity contribution in [2.24, 2.45) is 5.16 Å². The number of aryl methyl sites for hydroxylation is 1. The minimum atomic E-state index is -0.170. The van der Waals surface area contributed by atoms with Gasteiger partial charge in [-0.3, -0.25) is 4.98 Å². The Morgan fingerprint density at radius 3 is 2.88 bits per heavy atom. The van der Waals surface area contributed by atoms with Crippen molar-refractivity contribution in [3.63, 3.8) is 0 Å². The molecule has 0 aromatic carbocycles. The molecule has 0 spiro atoms. The molecule has 5 heteroatoms. The molecule has 0 atom stereocenters. The van der Waals surface area contributed by atoms with Crippen LogP contribution < -0.4 is 4.74 Å². The summed E-state index contributed by atoms with van der Waals surface area (Å²) in [6, 6.07) is 0. The van der Waals surface area contributed by atoms with Crippen LogP contribution in [0, 0.1) is 6.92 Å². The Bertz CT molecular complexity index is 378. The van der Waals surface area contributed by atoms with E-state index < -0.39 is 0 Å². The van der Waals surface area contributed by atoms with E-state index in [1.807, 2.05) is 6.92 Å². The first-order valence-corrected chi connectivity index (χ1v) is 5.14. The summed E-state index contributed by atoms with van der Waals surface area (Å²) in [4.78, 5) is 4.12. The minimum Gasteiger partial charge on any atom is -0.491 e. The van der Waals surface area contributed by atoms with E-state index in [9.17, 15) is 0 Å². The Balaban J connectivity index is 3.18. The highest BCUT2D eigenvalue weighted by atomic mass is 16.5. The molecule has 0 bridgehead atoms. The molecule has 1 heterocycles. The fourth-order valence-electron chi connectivity index (χ4n) is 1.36. The lowest BCUT2D eigenvalue weighted by Crippen LogP contribution is -2.05. The van der Waals surface area contributed by atoms with Crippen molar-refractivity contribution < 1.29 is 15.1 Å². The second-order valence-corrected chi connectivity index (χ2v) is 3.36. The van der Waals surface area contributed by atoms with Gasteiger partial charge in [0.05, 0.1) is 25.1 Å². The van der Waals surface area contributed by atoms with Gasteiger partial charge >= 0.3 is 0 Å². The number of aliphatic hydroxyl groups is 1. The molecule has 0 aliphatic rings. The van der Waals surface area contributed by atoms with Gasteiger partial charge in [-0.1, -0.05) is 12.1 Å². The number of ether oxygens (including phenoxy) is 1. The van der Waals surface area contributed by atoms with E-state index in [-0.39, 0.29) is 6.61 Å². The zero-order valence-electron chi connectivity index (χ0n) is 9.47. The summed E-state index contributed by atoms with van der Waals surface area (Å²) in [5, 5.41) is 20.7. The molecule has 1 aromatic heterocycles. The maximum Gasteiger partial charge on any atom is 0.149 e. The Labute approximate surface area is 94.4 Å². The van der Waals surface area contributed by atoms with Crippen molar-refractivity contribution in [3.8, 4) is 5.75 Å². The molecule has 0 aliphatic heterocycles. The van der Waals surface area contributed by atoms with Crippen LogP contribution >= 0.6 is 0 Å². The van der Waals surface area contributed by atoms with Gasteiger partial charge < -0.3 is 15.1 Å². The predicted octanol–water partition coefficient (Wildman–Crippen LogP) is 1.48. The molecular weight excluding hydrogens is 208 g/mol. The van der Waals surface area contributed by atoms with Crippen LogP contribution in [0.15, 0.2) is 11.4 Å². The summed E-state index contributed by atoms with van der Waals surface area (Å²) in [5.74, 6) is 0.561. The molecule has 0 saturated carbocycles. The van der Waals surface area contributed by atoms with Gasteiger partial charge in [-0.2, -0.15) is 0 Å². The van der Waals surface area contributed by atoms with Gasteiger partial charge in [-0.05, 0) is 13.3 Å². The fraction of sp³-hybridized carbons (Fsp3) is 0.455. The normalized spacial score (nSPS) is 10.9. The average molecular weight is 224 g/mol.